The summed E-state index contributed by atoms with van der Waals surface area (Å²) in [7, 11) is 0. The fraction of sp³-hybridized carbons (Fsp3) is 0.429. The minimum absolute atomic E-state index is 0.0588. The molecule has 4 N–H and O–H groups in total. The van der Waals surface area contributed by atoms with Gasteiger partial charge in [0.2, 0.25) is 0 Å². The van der Waals surface area contributed by atoms with Crippen LogP contribution < -0.4 is 15.8 Å². The maximum atomic E-state index is 11.7. The minimum atomic E-state index is -1.08. The van der Waals surface area contributed by atoms with Gasteiger partial charge in [0.15, 0.2) is 6.61 Å². The quantitative estimate of drug-likeness (QED) is 0.688. The van der Waals surface area contributed by atoms with Crippen LogP contribution in [-0.2, 0) is 4.79 Å². The first-order valence-electron chi connectivity index (χ1n) is 6.32. The Morgan fingerprint density at radius 2 is 2.05 bits per heavy atom. The highest BCUT2D eigenvalue weighted by Gasteiger charge is 2.18. The molecule has 0 aliphatic rings. The second-order valence-corrected chi connectivity index (χ2v) is 5.13. The van der Waals surface area contributed by atoms with Crippen LogP contribution in [0.1, 0.15) is 37.6 Å². The van der Waals surface area contributed by atoms with Gasteiger partial charge in [0, 0.05) is 5.54 Å². The molecule has 0 aromatic heterocycles. The van der Waals surface area contributed by atoms with Crippen LogP contribution >= 0.6 is 0 Å². The van der Waals surface area contributed by atoms with E-state index in [1.807, 2.05) is 20.8 Å². The van der Waals surface area contributed by atoms with Crippen LogP contribution in [0.3, 0.4) is 0 Å². The Hall–Kier alpha value is -2.24. The molecular weight excluding hydrogens is 260 g/mol. The van der Waals surface area contributed by atoms with Crippen molar-refractivity contribution in [1.82, 2.24) is 5.32 Å². The number of ether oxygens (including phenoxy) is 1. The van der Waals surface area contributed by atoms with Gasteiger partial charge in [-0.25, -0.2) is 4.79 Å². The second kappa shape index (κ2) is 6.27. The Bertz CT molecular complexity index is 512. The minimum Gasteiger partial charge on any atom is -0.482 e. The highest BCUT2D eigenvalue weighted by atomic mass is 16.5. The first-order chi connectivity index (χ1) is 9.25. The molecule has 0 saturated carbocycles. The molecule has 1 amide bonds. The third kappa shape index (κ3) is 4.46. The van der Waals surface area contributed by atoms with Gasteiger partial charge < -0.3 is 20.9 Å². The van der Waals surface area contributed by atoms with E-state index >= 15 is 0 Å². The summed E-state index contributed by atoms with van der Waals surface area (Å²) in [5, 5.41) is 11.7. The Kier molecular flexibility index (Phi) is 4.96. The van der Waals surface area contributed by atoms with Gasteiger partial charge in [-0.05, 0) is 38.5 Å². The van der Waals surface area contributed by atoms with Crippen molar-refractivity contribution in [3.8, 4) is 5.75 Å². The lowest BCUT2D eigenvalue weighted by Gasteiger charge is -2.24. The number of carboxylic acids is 1. The maximum absolute atomic E-state index is 11.7. The monoisotopic (exact) mass is 280 g/mol. The number of hydrogen-bond donors (Lipinski definition) is 3. The van der Waals surface area contributed by atoms with E-state index in [0.29, 0.717) is 0 Å². The summed E-state index contributed by atoms with van der Waals surface area (Å²) in [6.45, 7) is 5.57. The fourth-order valence-electron chi connectivity index (χ4n) is 1.44. The van der Waals surface area contributed by atoms with Crippen molar-refractivity contribution >= 4 is 17.6 Å². The molecule has 1 aromatic carbocycles. The molecule has 20 heavy (non-hydrogen) atoms. The van der Waals surface area contributed by atoms with E-state index in [1.165, 1.54) is 18.2 Å². The van der Waals surface area contributed by atoms with E-state index in [0.717, 1.165) is 6.42 Å². The molecule has 6 nitrogen and oxygen atoms in total. The predicted octanol–water partition coefficient (Wildman–Crippen LogP) is 1.65. The zero-order valence-electron chi connectivity index (χ0n) is 11.9. The standard InChI is InChI=1S/C14H20N2O4/c1-4-14(2,3)16-12(17)8-20-11-7-9(13(18)19)5-6-10(11)15/h5-7H,4,8,15H2,1-3H3,(H,16,17)(H,18,19). The van der Waals surface area contributed by atoms with Gasteiger partial charge in [-0.2, -0.15) is 0 Å². The summed E-state index contributed by atoms with van der Waals surface area (Å²) in [5.74, 6) is -1.17. The molecule has 0 bridgehead atoms. The maximum Gasteiger partial charge on any atom is 0.335 e. The summed E-state index contributed by atoms with van der Waals surface area (Å²) in [5.41, 5.74) is 5.72. The third-order valence-corrected chi connectivity index (χ3v) is 2.98. The van der Waals surface area contributed by atoms with Gasteiger partial charge in [0.1, 0.15) is 5.75 Å². The van der Waals surface area contributed by atoms with E-state index < -0.39 is 5.97 Å². The predicted molar refractivity (Wildman–Crippen MR) is 75.8 cm³/mol. The molecule has 0 aliphatic carbocycles. The number of carbonyl (C=O) groups excluding carboxylic acids is 1. The van der Waals surface area contributed by atoms with Crippen molar-refractivity contribution in [2.75, 3.05) is 12.3 Å². The number of hydrogen-bond acceptors (Lipinski definition) is 4. The van der Waals surface area contributed by atoms with Crippen molar-refractivity contribution in [3.63, 3.8) is 0 Å². The molecule has 0 heterocycles. The topological polar surface area (TPSA) is 102 Å². The number of nitrogen functional groups attached to an aromatic ring is 1. The zero-order chi connectivity index (χ0) is 15.3. The van der Waals surface area contributed by atoms with Crippen LogP contribution in [0.2, 0.25) is 0 Å². The number of benzene rings is 1. The average Bonchev–Trinajstić information content (AvgIpc) is 2.37. The van der Waals surface area contributed by atoms with Crippen LogP contribution in [0, 0.1) is 0 Å². The van der Waals surface area contributed by atoms with Gasteiger partial charge in [-0.3, -0.25) is 4.79 Å². The summed E-state index contributed by atoms with van der Waals surface area (Å²) in [6, 6.07) is 4.12. The lowest BCUT2D eigenvalue weighted by molar-refractivity contribution is -0.124. The molecule has 0 aliphatic heterocycles. The Labute approximate surface area is 117 Å². The van der Waals surface area contributed by atoms with E-state index in [-0.39, 0.29) is 35.1 Å². The van der Waals surface area contributed by atoms with Crippen molar-refractivity contribution in [3.05, 3.63) is 23.8 Å². The average molecular weight is 280 g/mol. The largest absolute Gasteiger partial charge is 0.482 e. The van der Waals surface area contributed by atoms with Crippen LogP contribution in [0.5, 0.6) is 5.75 Å². The molecule has 0 radical (unpaired) electrons. The number of carboxylic acid groups (broad SMARTS) is 1. The summed E-state index contributed by atoms with van der Waals surface area (Å²) < 4.78 is 5.28. The molecule has 0 saturated heterocycles. The smallest absolute Gasteiger partial charge is 0.335 e. The molecule has 0 fully saturated rings. The van der Waals surface area contributed by atoms with E-state index in [9.17, 15) is 9.59 Å². The lowest BCUT2D eigenvalue weighted by Crippen LogP contribution is -2.44. The number of amides is 1. The van der Waals surface area contributed by atoms with Gasteiger partial charge in [0.25, 0.3) is 5.91 Å². The number of nitrogens with two attached hydrogens (primary N) is 1. The number of anilines is 1. The van der Waals surface area contributed by atoms with Crippen molar-refractivity contribution < 1.29 is 19.4 Å². The van der Waals surface area contributed by atoms with E-state index in [1.54, 1.807) is 0 Å². The van der Waals surface area contributed by atoms with Crippen molar-refractivity contribution in [2.24, 2.45) is 0 Å². The summed E-state index contributed by atoms with van der Waals surface area (Å²) in [6.07, 6.45) is 0.787. The third-order valence-electron chi connectivity index (χ3n) is 2.98. The highest BCUT2D eigenvalue weighted by Crippen LogP contribution is 2.22. The van der Waals surface area contributed by atoms with Crippen LogP contribution in [0.15, 0.2) is 18.2 Å². The molecule has 6 heteroatoms. The molecule has 0 atom stereocenters. The molecular formula is C14H20N2O4. The SMILES string of the molecule is CCC(C)(C)NC(=O)COc1cc(C(=O)O)ccc1N. The van der Waals surface area contributed by atoms with Gasteiger partial charge >= 0.3 is 5.97 Å². The highest BCUT2D eigenvalue weighted by molar-refractivity contribution is 5.89. The number of nitrogens with one attached hydrogen (secondary N) is 1. The van der Waals surface area contributed by atoms with Crippen LogP contribution in [0.25, 0.3) is 0 Å². The van der Waals surface area contributed by atoms with Crippen LogP contribution in [-0.4, -0.2) is 29.1 Å². The van der Waals surface area contributed by atoms with Gasteiger partial charge in [-0.1, -0.05) is 6.92 Å². The number of carbonyl (C=O) groups is 2. The molecule has 1 rings (SSSR count). The normalized spacial score (nSPS) is 10.9. The number of rotatable bonds is 6. The van der Waals surface area contributed by atoms with E-state index in [4.69, 9.17) is 15.6 Å². The van der Waals surface area contributed by atoms with Crippen molar-refractivity contribution in [2.45, 2.75) is 32.7 Å². The number of aromatic carboxylic acids is 1. The van der Waals surface area contributed by atoms with Gasteiger partial charge in [0.05, 0.1) is 11.3 Å². The fourth-order valence-corrected chi connectivity index (χ4v) is 1.44. The van der Waals surface area contributed by atoms with Crippen LogP contribution in [0.4, 0.5) is 5.69 Å². The Morgan fingerprint density at radius 3 is 2.60 bits per heavy atom. The lowest BCUT2D eigenvalue weighted by atomic mass is 10.0. The Morgan fingerprint density at radius 1 is 1.40 bits per heavy atom. The Balaban J connectivity index is 2.68. The molecule has 0 spiro atoms. The first kappa shape index (κ1) is 15.8. The molecule has 0 unspecified atom stereocenters. The van der Waals surface area contributed by atoms with E-state index in [2.05, 4.69) is 5.32 Å². The first-order valence-corrected chi connectivity index (χ1v) is 6.32. The zero-order valence-corrected chi connectivity index (χ0v) is 11.9. The molecule has 110 valence electrons. The summed E-state index contributed by atoms with van der Waals surface area (Å²) in [4.78, 5) is 22.6. The molecule has 1 aromatic rings. The van der Waals surface area contributed by atoms with Gasteiger partial charge in [-0.15, -0.1) is 0 Å². The van der Waals surface area contributed by atoms with Crippen molar-refractivity contribution in [1.29, 1.82) is 0 Å². The second-order valence-electron chi connectivity index (χ2n) is 5.13. The summed E-state index contributed by atoms with van der Waals surface area (Å²) >= 11 is 0.